The number of amides is 2. The first-order chi connectivity index (χ1) is 7.13. The maximum Gasteiger partial charge on any atom is 0.411 e. The van der Waals surface area contributed by atoms with Crippen molar-refractivity contribution in [3.8, 4) is 0 Å². The summed E-state index contributed by atoms with van der Waals surface area (Å²) in [5, 5.41) is 10.5. The van der Waals surface area contributed by atoms with Crippen LogP contribution in [0.4, 0.5) is 4.79 Å². The lowest BCUT2D eigenvalue weighted by Crippen LogP contribution is -2.36. The van der Waals surface area contributed by atoms with E-state index in [1.165, 1.54) is 12.8 Å². The van der Waals surface area contributed by atoms with Crippen LogP contribution in [0, 0.1) is 23.2 Å². The highest BCUT2D eigenvalue weighted by Crippen LogP contribution is 2.70. The molecule has 4 heteroatoms. The lowest BCUT2D eigenvalue weighted by molar-refractivity contribution is -0.125. The Morgan fingerprint density at radius 1 is 1.33 bits per heavy atom. The van der Waals surface area contributed by atoms with Gasteiger partial charge in [0.2, 0.25) is 5.91 Å². The summed E-state index contributed by atoms with van der Waals surface area (Å²) >= 11 is 0. The zero-order chi connectivity index (χ0) is 10.6. The predicted octanol–water partition coefficient (Wildman–Crippen LogP) is 1.38. The second-order valence-corrected chi connectivity index (χ2v) is 4.89. The van der Waals surface area contributed by atoms with Crippen molar-refractivity contribution in [2.75, 3.05) is 0 Å². The van der Waals surface area contributed by atoms with Crippen LogP contribution in [-0.4, -0.2) is 17.1 Å². The maximum absolute atomic E-state index is 11.6. The van der Waals surface area contributed by atoms with E-state index in [-0.39, 0.29) is 11.8 Å². The van der Waals surface area contributed by atoms with E-state index in [1.54, 1.807) is 0 Å². The van der Waals surface area contributed by atoms with Gasteiger partial charge in [0.25, 0.3) is 0 Å². The number of nitrogens with one attached hydrogen (secondary N) is 1. The number of hydrogen-bond acceptors (Lipinski definition) is 2. The van der Waals surface area contributed by atoms with Gasteiger partial charge in [0.15, 0.2) is 0 Å². The zero-order valence-electron chi connectivity index (χ0n) is 8.27. The van der Waals surface area contributed by atoms with E-state index in [4.69, 9.17) is 5.11 Å². The molecule has 3 atom stereocenters. The third-order valence-corrected chi connectivity index (χ3v) is 4.29. The predicted molar refractivity (Wildman–Crippen MR) is 52.1 cm³/mol. The normalized spacial score (nSPS) is 38.3. The Bertz CT molecular complexity index is 370. The summed E-state index contributed by atoms with van der Waals surface area (Å²) in [4.78, 5) is 22.0. The second kappa shape index (κ2) is 2.62. The molecule has 0 heterocycles. The minimum atomic E-state index is -1.24. The number of imide groups is 1. The molecule has 3 aliphatic carbocycles. The first kappa shape index (κ1) is 8.95. The van der Waals surface area contributed by atoms with Crippen LogP contribution < -0.4 is 5.32 Å². The van der Waals surface area contributed by atoms with Gasteiger partial charge in [-0.15, -0.1) is 0 Å². The van der Waals surface area contributed by atoms with Crippen molar-refractivity contribution >= 4 is 12.0 Å². The van der Waals surface area contributed by atoms with Gasteiger partial charge in [-0.1, -0.05) is 12.2 Å². The number of allylic oxidation sites excluding steroid dienone is 2. The van der Waals surface area contributed by atoms with E-state index in [0.29, 0.717) is 17.3 Å². The van der Waals surface area contributed by atoms with Gasteiger partial charge in [-0.25, -0.2) is 4.79 Å². The second-order valence-electron chi connectivity index (χ2n) is 4.89. The molecule has 2 fully saturated rings. The van der Waals surface area contributed by atoms with Crippen molar-refractivity contribution in [3.63, 3.8) is 0 Å². The third kappa shape index (κ3) is 1.07. The molecule has 3 rings (SSSR count). The van der Waals surface area contributed by atoms with Crippen LogP contribution in [0.2, 0.25) is 0 Å². The first-order valence-corrected chi connectivity index (χ1v) is 5.35. The summed E-state index contributed by atoms with van der Waals surface area (Å²) in [6.45, 7) is 0. The van der Waals surface area contributed by atoms with Crippen molar-refractivity contribution in [3.05, 3.63) is 12.2 Å². The largest absolute Gasteiger partial charge is 0.465 e. The molecule has 0 saturated heterocycles. The van der Waals surface area contributed by atoms with Crippen LogP contribution in [-0.2, 0) is 4.79 Å². The van der Waals surface area contributed by atoms with Crippen LogP contribution in [0.25, 0.3) is 0 Å². The average molecular weight is 207 g/mol. The number of hydrogen-bond donors (Lipinski definition) is 2. The molecule has 0 radical (unpaired) electrons. The van der Waals surface area contributed by atoms with Crippen molar-refractivity contribution < 1.29 is 14.7 Å². The fourth-order valence-corrected chi connectivity index (χ4v) is 3.47. The zero-order valence-corrected chi connectivity index (χ0v) is 8.27. The molecule has 4 nitrogen and oxygen atoms in total. The Balaban J connectivity index is 1.78. The fourth-order valence-electron chi connectivity index (χ4n) is 3.47. The molecule has 2 saturated carbocycles. The van der Waals surface area contributed by atoms with Crippen LogP contribution in [0.1, 0.15) is 19.3 Å². The van der Waals surface area contributed by atoms with Crippen molar-refractivity contribution in [2.45, 2.75) is 19.3 Å². The SMILES string of the molecule is O=C(O)NC(=O)C1C[C@@H]2C=C[C@@H]1C21CC1. The summed E-state index contributed by atoms with van der Waals surface area (Å²) in [5.74, 6) is 0.387. The molecule has 2 bridgehead atoms. The fraction of sp³-hybridized carbons (Fsp3) is 0.636. The molecule has 2 amide bonds. The molecule has 80 valence electrons. The highest BCUT2D eigenvalue weighted by molar-refractivity contribution is 5.93. The minimum absolute atomic E-state index is 0.112. The van der Waals surface area contributed by atoms with Gasteiger partial charge in [-0.2, -0.15) is 0 Å². The molecule has 0 aromatic heterocycles. The van der Waals surface area contributed by atoms with Gasteiger partial charge >= 0.3 is 6.09 Å². The Hall–Kier alpha value is -1.32. The van der Waals surface area contributed by atoms with E-state index in [9.17, 15) is 9.59 Å². The molecule has 1 spiro atoms. The Morgan fingerprint density at radius 3 is 2.60 bits per heavy atom. The number of carbonyl (C=O) groups excluding carboxylic acids is 1. The maximum atomic E-state index is 11.6. The van der Waals surface area contributed by atoms with Crippen molar-refractivity contribution in [2.24, 2.45) is 23.2 Å². The first-order valence-electron chi connectivity index (χ1n) is 5.35. The molecule has 3 aliphatic rings. The Morgan fingerprint density at radius 2 is 2.07 bits per heavy atom. The average Bonchev–Trinajstić information content (AvgIpc) is 2.82. The van der Waals surface area contributed by atoms with E-state index in [1.807, 2.05) is 5.32 Å². The number of rotatable bonds is 1. The lowest BCUT2D eigenvalue weighted by atomic mass is 9.88. The van der Waals surface area contributed by atoms with Gasteiger partial charge in [-0.05, 0) is 36.5 Å². The number of carbonyl (C=O) groups is 2. The molecule has 0 aromatic rings. The number of carboxylic acid groups (broad SMARTS) is 1. The highest BCUT2D eigenvalue weighted by atomic mass is 16.4. The van der Waals surface area contributed by atoms with Crippen molar-refractivity contribution in [1.82, 2.24) is 5.32 Å². The smallest absolute Gasteiger partial charge is 0.411 e. The van der Waals surface area contributed by atoms with E-state index >= 15 is 0 Å². The van der Waals surface area contributed by atoms with Gasteiger partial charge in [0.1, 0.15) is 0 Å². The van der Waals surface area contributed by atoms with Gasteiger partial charge in [0, 0.05) is 5.92 Å². The molecule has 0 aromatic carbocycles. The topological polar surface area (TPSA) is 66.4 Å². The standard InChI is InChI=1S/C11H13NO3/c13-9(12-10(14)15)7-5-6-1-2-8(7)11(6)3-4-11/h1-2,6-8H,3-5H2,(H,12,13)(H,14,15)/t6-,7?,8-/m0/s1. The highest BCUT2D eigenvalue weighted by Gasteiger charge is 2.64. The lowest BCUT2D eigenvalue weighted by Gasteiger charge is -2.17. The molecular weight excluding hydrogens is 194 g/mol. The van der Waals surface area contributed by atoms with Crippen LogP contribution in [0.3, 0.4) is 0 Å². The molecule has 1 unspecified atom stereocenters. The quantitative estimate of drug-likeness (QED) is 0.638. The Labute approximate surface area is 87.3 Å². The molecule has 15 heavy (non-hydrogen) atoms. The summed E-state index contributed by atoms with van der Waals surface area (Å²) in [5.41, 5.74) is 0.348. The van der Waals surface area contributed by atoms with E-state index in [0.717, 1.165) is 6.42 Å². The van der Waals surface area contributed by atoms with Crippen LogP contribution >= 0.6 is 0 Å². The summed E-state index contributed by atoms with van der Waals surface area (Å²) < 4.78 is 0. The molecule has 0 aliphatic heterocycles. The van der Waals surface area contributed by atoms with Crippen molar-refractivity contribution in [1.29, 1.82) is 0 Å². The van der Waals surface area contributed by atoms with Crippen LogP contribution in [0.5, 0.6) is 0 Å². The monoisotopic (exact) mass is 207 g/mol. The van der Waals surface area contributed by atoms with Gasteiger partial charge < -0.3 is 5.11 Å². The van der Waals surface area contributed by atoms with E-state index in [2.05, 4.69) is 12.2 Å². The molecule has 2 N–H and O–H groups in total. The summed E-state index contributed by atoms with van der Waals surface area (Å²) in [7, 11) is 0. The van der Waals surface area contributed by atoms with Gasteiger partial charge in [-0.3, -0.25) is 10.1 Å². The minimum Gasteiger partial charge on any atom is -0.465 e. The molecular formula is C11H13NO3. The summed E-state index contributed by atoms with van der Waals surface area (Å²) in [6.07, 6.45) is 6.32. The van der Waals surface area contributed by atoms with E-state index < -0.39 is 6.09 Å². The third-order valence-electron chi connectivity index (χ3n) is 4.29. The Kier molecular flexibility index (Phi) is 1.56. The summed E-state index contributed by atoms with van der Waals surface area (Å²) in [6, 6.07) is 0. The van der Waals surface area contributed by atoms with Crippen LogP contribution in [0.15, 0.2) is 12.2 Å². The van der Waals surface area contributed by atoms with Gasteiger partial charge in [0.05, 0.1) is 0 Å².